The Morgan fingerprint density at radius 3 is 2.76 bits per heavy atom. The summed E-state index contributed by atoms with van der Waals surface area (Å²) >= 11 is 0. The van der Waals surface area contributed by atoms with Gasteiger partial charge in [-0.2, -0.15) is 10.2 Å². The Bertz CT molecular complexity index is 881. The summed E-state index contributed by atoms with van der Waals surface area (Å²) in [5.41, 5.74) is 3.78. The fourth-order valence-corrected chi connectivity index (χ4v) is 2.49. The summed E-state index contributed by atoms with van der Waals surface area (Å²) in [6.45, 7) is 6.38. The van der Waals surface area contributed by atoms with Gasteiger partial charge in [0, 0.05) is 6.20 Å². The van der Waals surface area contributed by atoms with Crippen molar-refractivity contribution in [2.75, 3.05) is 5.32 Å². The number of aromatic nitrogens is 4. The molecule has 0 aliphatic rings. The van der Waals surface area contributed by atoms with Crippen LogP contribution in [0.4, 0.5) is 5.69 Å². The van der Waals surface area contributed by atoms with Crippen LogP contribution in [0.2, 0.25) is 0 Å². The van der Waals surface area contributed by atoms with Crippen molar-refractivity contribution < 1.29 is 9.53 Å². The fourth-order valence-electron chi connectivity index (χ4n) is 2.49. The molecule has 1 N–H and O–H groups in total. The zero-order chi connectivity index (χ0) is 17.8. The van der Waals surface area contributed by atoms with E-state index in [1.165, 1.54) is 5.56 Å². The van der Waals surface area contributed by atoms with Crippen LogP contribution in [0.1, 0.15) is 16.8 Å². The monoisotopic (exact) mass is 339 g/mol. The number of carbonyl (C=O) groups is 1. The number of hydrogen-bond donors (Lipinski definition) is 1. The molecule has 1 amide bonds. The van der Waals surface area contributed by atoms with Gasteiger partial charge in [0.15, 0.2) is 6.73 Å². The lowest BCUT2D eigenvalue weighted by Gasteiger charge is -2.09. The van der Waals surface area contributed by atoms with Crippen molar-refractivity contribution in [2.45, 2.75) is 34.0 Å². The second kappa shape index (κ2) is 7.21. The van der Waals surface area contributed by atoms with Crippen LogP contribution in [0.15, 0.2) is 42.9 Å². The first-order valence-electron chi connectivity index (χ1n) is 8.02. The maximum atomic E-state index is 12.0. The highest BCUT2D eigenvalue weighted by Crippen LogP contribution is 2.19. The highest BCUT2D eigenvalue weighted by Gasteiger charge is 2.07. The first-order valence-corrected chi connectivity index (χ1v) is 8.02. The number of benzene rings is 1. The van der Waals surface area contributed by atoms with Crippen molar-refractivity contribution in [3.8, 4) is 5.75 Å². The van der Waals surface area contributed by atoms with Crippen LogP contribution in [0, 0.1) is 20.8 Å². The molecule has 0 saturated heterocycles. The molecule has 0 unspecified atom stereocenters. The third kappa shape index (κ3) is 4.47. The predicted octanol–water partition coefficient (Wildman–Crippen LogP) is 2.68. The smallest absolute Gasteiger partial charge is 0.246 e. The lowest BCUT2D eigenvalue weighted by atomic mass is 10.1. The molecule has 7 nitrogen and oxygen atoms in total. The summed E-state index contributed by atoms with van der Waals surface area (Å²) in [6, 6.07) is 7.88. The summed E-state index contributed by atoms with van der Waals surface area (Å²) in [5.74, 6) is 0.665. The Hall–Kier alpha value is -3.09. The molecule has 0 aliphatic heterocycles. The summed E-state index contributed by atoms with van der Waals surface area (Å²) in [6.07, 6.45) is 5.10. The molecule has 0 atom stereocenters. The van der Waals surface area contributed by atoms with E-state index in [1.54, 1.807) is 28.0 Å². The van der Waals surface area contributed by atoms with Gasteiger partial charge < -0.3 is 10.1 Å². The Kier molecular flexibility index (Phi) is 4.83. The molecular weight excluding hydrogens is 318 g/mol. The number of aryl methyl sites for hydroxylation is 3. The molecule has 2 heterocycles. The van der Waals surface area contributed by atoms with Crippen LogP contribution in [0.3, 0.4) is 0 Å². The average Bonchev–Trinajstić information content (AvgIpc) is 3.15. The van der Waals surface area contributed by atoms with Crippen molar-refractivity contribution in [1.29, 1.82) is 0 Å². The number of hydrogen-bond acceptors (Lipinski definition) is 4. The first-order chi connectivity index (χ1) is 12.0. The van der Waals surface area contributed by atoms with E-state index < -0.39 is 0 Å². The van der Waals surface area contributed by atoms with Crippen molar-refractivity contribution >= 4 is 11.6 Å². The van der Waals surface area contributed by atoms with Crippen LogP contribution in [0.5, 0.6) is 5.75 Å². The van der Waals surface area contributed by atoms with Gasteiger partial charge in [0.1, 0.15) is 12.3 Å². The molecule has 130 valence electrons. The number of nitrogens with one attached hydrogen (secondary N) is 1. The van der Waals surface area contributed by atoms with Gasteiger partial charge in [0.2, 0.25) is 5.91 Å². The lowest BCUT2D eigenvalue weighted by Crippen LogP contribution is -2.18. The van der Waals surface area contributed by atoms with Gasteiger partial charge in [-0.15, -0.1) is 0 Å². The lowest BCUT2D eigenvalue weighted by molar-refractivity contribution is -0.116. The van der Waals surface area contributed by atoms with E-state index in [9.17, 15) is 4.79 Å². The van der Waals surface area contributed by atoms with Gasteiger partial charge >= 0.3 is 0 Å². The van der Waals surface area contributed by atoms with Crippen LogP contribution in [0.25, 0.3) is 0 Å². The molecule has 0 radical (unpaired) electrons. The summed E-state index contributed by atoms with van der Waals surface area (Å²) in [7, 11) is 0. The molecule has 0 fully saturated rings. The van der Waals surface area contributed by atoms with Crippen molar-refractivity contribution in [2.24, 2.45) is 0 Å². The fraction of sp³-hybridized carbons (Fsp3) is 0.278. The van der Waals surface area contributed by atoms with Crippen LogP contribution in [-0.2, 0) is 18.1 Å². The van der Waals surface area contributed by atoms with Gasteiger partial charge in [-0.1, -0.05) is 17.7 Å². The van der Waals surface area contributed by atoms with E-state index in [1.807, 2.05) is 39.0 Å². The molecule has 0 spiro atoms. The minimum Gasteiger partial charge on any atom is -0.471 e. The van der Waals surface area contributed by atoms with Gasteiger partial charge in [0.05, 0.1) is 23.8 Å². The zero-order valence-electron chi connectivity index (χ0n) is 14.6. The summed E-state index contributed by atoms with van der Waals surface area (Å²) < 4.78 is 9.00. The number of carbonyl (C=O) groups excluding carboxylic acids is 1. The molecule has 7 heteroatoms. The Balaban J connectivity index is 1.54. The van der Waals surface area contributed by atoms with E-state index in [0.29, 0.717) is 5.69 Å². The number of ether oxygens (including phenoxy) is 1. The molecule has 0 saturated carbocycles. The SMILES string of the molecule is Cc1ccc(OCn2cc(NC(=O)Cn3ccc(C)n3)cn2)c(C)c1. The van der Waals surface area contributed by atoms with Gasteiger partial charge in [-0.3, -0.25) is 9.48 Å². The maximum absolute atomic E-state index is 12.0. The normalized spacial score (nSPS) is 10.7. The van der Waals surface area contributed by atoms with Gasteiger partial charge in [0.25, 0.3) is 0 Å². The highest BCUT2D eigenvalue weighted by molar-refractivity contribution is 5.90. The van der Waals surface area contributed by atoms with Crippen LogP contribution in [-0.4, -0.2) is 25.5 Å². The quantitative estimate of drug-likeness (QED) is 0.749. The van der Waals surface area contributed by atoms with Crippen LogP contribution < -0.4 is 10.1 Å². The first kappa shape index (κ1) is 16.8. The second-order valence-corrected chi connectivity index (χ2v) is 6.01. The average molecular weight is 339 g/mol. The molecule has 2 aromatic heterocycles. The molecule has 25 heavy (non-hydrogen) atoms. The molecule has 0 aliphatic carbocycles. The minimum absolute atomic E-state index is 0.155. The van der Waals surface area contributed by atoms with E-state index in [4.69, 9.17) is 4.74 Å². The number of amides is 1. The molecular formula is C18H21N5O2. The number of anilines is 1. The number of rotatable bonds is 6. The van der Waals surface area contributed by atoms with Crippen LogP contribution >= 0.6 is 0 Å². The van der Waals surface area contributed by atoms with E-state index >= 15 is 0 Å². The molecule has 0 bridgehead atoms. The van der Waals surface area contributed by atoms with E-state index in [-0.39, 0.29) is 19.2 Å². The largest absolute Gasteiger partial charge is 0.471 e. The second-order valence-electron chi connectivity index (χ2n) is 6.01. The van der Waals surface area contributed by atoms with Gasteiger partial charge in [-0.05, 0) is 38.5 Å². The molecule has 3 aromatic rings. The van der Waals surface area contributed by atoms with Crippen molar-refractivity contribution in [3.05, 3.63) is 59.7 Å². The minimum atomic E-state index is -0.155. The predicted molar refractivity (Wildman–Crippen MR) is 94.4 cm³/mol. The Morgan fingerprint density at radius 1 is 1.20 bits per heavy atom. The summed E-state index contributed by atoms with van der Waals surface area (Å²) in [4.78, 5) is 12.0. The molecule has 1 aromatic carbocycles. The Labute approximate surface area is 146 Å². The maximum Gasteiger partial charge on any atom is 0.246 e. The van der Waals surface area contributed by atoms with E-state index in [0.717, 1.165) is 17.0 Å². The van der Waals surface area contributed by atoms with E-state index in [2.05, 4.69) is 21.6 Å². The van der Waals surface area contributed by atoms with Gasteiger partial charge in [-0.25, -0.2) is 4.68 Å². The number of nitrogens with zero attached hydrogens (tertiary/aromatic N) is 4. The van der Waals surface area contributed by atoms with Crippen molar-refractivity contribution in [1.82, 2.24) is 19.6 Å². The zero-order valence-corrected chi connectivity index (χ0v) is 14.6. The third-order valence-corrected chi connectivity index (χ3v) is 3.68. The molecule has 3 rings (SSSR count). The summed E-state index contributed by atoms with van der Waals surface area (Å²) in [5, 5.41) is 11.2. The highest BCUT2D eigenvalue weighted by atomic mass is 16.5. The third-order valence-electron chi connectivity index (χ3n) is 3.68. The Morgan fingerprint density at radius 2 is 2.04 bits per heavy atom. The standard InChI is InChI=1S/C18H21N5O2/c1-13-4-5-17(14(2)8-13)25-12-23-10-16(9-19-23)20-18(24)11-22-7-6-15(3)21-22/h4-10H,11-12H2,1-3H3,(H,20,24). The topological polar surface area (TPSA) is 74.0 Å². The van der Waals surface area contributed by atoms with Crippen molar-refractivity contribution in [3.63, 3.8) is 0 Å².